The lowest BCUT2D eigenvalue weighted by Crippen LogP contribution is -2.60. The van der Waals surface area contributed by atoms with Crippen LogP contribution in [0.3, 0.4) is 0 Å². The molecule has 0 aromatic carbocycles. The number of hydrogen-bond acceptors (Lipinski definition) is 1. The maximum Gasteiger partial charge on any atom is 0.0178 e. The molecule has 6 atom stereocenters. The summed E-state index contributed by atoms with van der Waals surface area (Å²) in [5.41, 5.74) is 2.09. The Morgan fingerprint density at radius 3 is 1.33 bits per heavy atom. The summed E-state index contributed by atoms with van der Waals surface area (Å²) in [6, 6.07) is 1.45. The molecule has 1 heteroatoms. The van der Waals surface area contributed by atoms with Gasteiger partial charge in [0.25, 0.3) is 0 Å². The average molecular weight is 290 g/mol. The predicted molar refractivity (Wildman–Crippen MR) is 89.2 cm³/mol. The molecule has 4 rings (SSSR count). The molecular formula is C20H35N. The summed E-state index contributed by atoms with van der Waals surface area (Å²) in [6.07, 6.45) is 8.76. The first-order valence-electron chi connectivity index (χ1n) is 9.36. The van der Waals surface area contributed by atoms with E-state index in [0.29, 0.717) is 21.7 Å². The van der Waals surface area contributed by atoms with Crippen LogP contribution in [0.1, 0.15) is 80.1 Å². The van der Waals surface area contributed by atoms with E-state index in [9.17, 15) is 0 Å². The van der Waals surface area contributed by atoms with Gasteiger partial charge < -0.3 is 5.32 Å². The number of nitrogens with one attached hydrogen (secondary N) is 1. The third kappa shape index (κ3) is 1.68. The van der Waals surface area contributed by atoms with E-state index in [0.717, 1.165) is 23.9 Å². The molecule has 6 unspecified atom stereocenters. The van der Waals surface area contributed by atoms with Gasteiger partial charge in [-0.15, -0.1) is 0 Å². The maximum atomic E-state index is 4.30. The Hall–Kier alpha value is -0.0400. The van der Waals surface area contributed by atoms with Gasteiger partial charge in [0.05, 0.1) is 0 Å². The minimum absolute atomic E-state index is 0.487. The molecule has 0 aromatic heterocycles. The van der Waals surface area contributed by atoms with Gasteiger partial charge in [0.2, 0.25) is 0 Å². The second-order valence-corrected chi connectivity index (χ2v) is 10.9. The van der Waals surface area contributed by atoms with Crippen LogP contribution >= 0.6 is 0 Å². The highest BCUT2D eigenvalue weighted by Crippen LogP contribution is 2.66. The van der Waals surface area contributed by atoms with Crippen LogP contribution in [0, 0.1) is 33.5 Å². The highest BCUT2D eigenvalue weighted by molar-refractivity contribution is 5.18. The molecule has 0 spiro atoms. The topological polar surface area (TPSA) is 12.0 Å². The fraction of sp³-hybridized carbons (Fsp3) is 1.00. The van der Waals surface area contributed by atoms with Gasteiger partial charge in [-0.05, 0) is 72.0 Å². The Balaban J connectivity index is 1.64. The monoisotopic (exact) mass is 289 g/mol. The molecule has 0 radical (unpaired) electrons. The van der Waals surface area contributed by atoms with Gasteiger partial charge in [0.1, 0.15) is 0 Å². The van der Waals surface area contributed by atoms with E-state index in [2.05, 4.69) is 46.9 Å². The summed E-state index contributed by atoms with van der Waals surface area (Å²) in [5, 5.41) is 4.30. The first kappa shape index (κ1) is 14.5. The Kier molecular flexibility index (Phi) is 2.69. The van der Waals surface area contributed by atoms with Gasteiger partial charge in [-0.25, -0.2) is 0 Å². The van der Waals surface area contributed by atoms with Crippen molar-refractivity contribution in [1.29, 1.82) is 0 Å². The van der Waals surface area contributed by atoms with Gasteiger partial charge in [0.15, 0.2) is 0 Å². The molecule has 21 heavy (non-hydrogen) atoms. The van der Waals surface area contributed by atoms with Crippen molar-refractivity contribution in [2.45, 2.75) is 92.2 Å². The van der Waals surface area contributed by atoms with Crippen molar-refractivity contribution in [1.82, 2.24) is 5.32 Å². The second-order valence-electron chi connectivity index (χ2n) is 10.9. The number of rotatable bonds is 2. The lowest BCUT2D eigenvalue weighted by Gasteiger charge is -2.51. The van der Waals surface area contributed by atoms with Crippen molar-refractivity contribution in [2.75, 3.05) is 0 Å². The molecule has 4 fully saturated rings. The maximum absolute atomic E-state index is 4.30. The first-order chi connectivity index (χ1) is 9.60. The molecule has 1 N–H and O–H groups in total. The van der Waals surface area contributed by atoms with E-state index >= 15 is 0 Å². The van der Waals surface area contributed by atoms with Crippen molar-refractivity contribution in [2.24, 2.45) is 33.5 Å². The predicted octanol–water partition coefficient (Wildman–Crippen LogP) is 5.01. The summed E-state index contributed by atoms with van der Waals surface area (Å²) >= 11 is 0. The molecule has 4 aliphatic rings. The van der Waals surface area contributed by atoms with Gasteiger partial charge in [-0.1, -0.05) is 41.5 Å². The average Bonchev–Trinajstić information content (AvgIpc) is 3.01. The van der Waals surface area contributed by atoms with E-state index < -0.39 is 0 Å². The lowest BCUT2D eigenvalue weighted by atomic mass is 9.64. The van der Waals surface area contributed by atoms with E-state index in [1.165, 1.54) is 38.5 Å². The van der Waals surface area contributed by atoms with Crippen LogP contribution < -0.4 is 5.32 Å². The normalized spacial score (nSPS) is 56.3. The number of hydrogen-bond donors (Lipinski definition) is 1. The first-order valence-corrected chi connectivity index (χ1v) is 9.36. The van der Waals surface area contributed by atoms with Crippen LogP contribution in [0.4, 0.5) is 0 Å². The van der Waals surface area contributed by atoms with Gasteiger partial charge in [-0.3, -0.25) is 0 Å². The molecule has 4 saturated carbocycles. The molecule has 4 aliphatic carbocycles. The zero-order chi connectivity index (χ0) is 15.3. The van der Waals surface area contributed by atoms with E-state index in [-0.39, 0.29) is 0 Å². The van der Waals surface area contributed by atoms with Crippen molar-refractivity contribution in [3.8, 4) is 0 Å². The summed E-state index contributed by atoms with van der Waals surface area (Å²) in [5.74, 6) is 1.91. The Labute approximate surface area is 131 Å². The van der Waals surface area contributed by atoms with Crippen molar-refractivity contribution < 1.29 is 0 Å². The molecule has 0 saturated heterocycles. The van der Waals surface area contributed by atoms with Gasteiger partial charge in [-0.2, -0.15) is 0 Å². The van der Waals surface area contributed by atoms with Crippen LogP contribution in [0.15, 0.2) is 0 Å². The largest absolute Gasteiger partial charge is 0.309 e. The Morgan fingerprint density at radius 1 is 0.667 bits per heavy atom. The molecule has 0 amide bonds. The minimum atomic E-state index is 0.487. The molecular weight excluding hydrogens is 254 g/mol. The van der Waals surface area contributed by atoms with Gasteiger partial charge in [0, 0.05) is 12.1 Å². The fourth-order valence-electron chi connectivity index (χ4n) is 7.60. The van der Waals surface area contributed by atoms with Crippen molar-refractivity contribution in [3.63, 3.8) is 0 Å². The third-order valence-corrected chi connectivity index (χ3v) is 8.87. The SMILES string of the molecule is CC12CCC(C1)C(C)(C)C2NC1C2(C)CCC(C2)C1(C)C. The van der Waals surface area contributed by atoms with Crippen LogP contribution in [-0.2, 0) is 0 Å². The van der Waals surface area contributed by atoms with Crippen molar-refractivity contribution >= 4 is 0 Å². The highest BCUT2D eigenvalue weighted by atomic mass is 15.1. The zero-order valence-corrected chi connectivity index (χ0v) is 15.1. The van der Waals surface area contributed by atoms with Crippen LogP contribution in [-0.4, -0.2) is 12.1 Å². The van der Waals surface area contributed by atoms with Crippen LogP contribution in [0.5, 0.6) is 0 Å². The Bertz CT molecular complexity index is 413. The minimum Gasteiger partial charge on any atom is -0.309 e. The molecule has 0 aliphatic heterocycles. The summed E-state index contributed by atoms with van der Waals surface area (Å²) in [4.78, 5) is 0. The lowest BCUT2D eigenvalue weighted by molar-refractivity contribution is 0.0348. The highest BCUT2D eigenvalue weighted by Gasteiger charge is 2.64. The molecule has 0 heterocycles. The molecule has 120 valence electrons. The van der Waals surface area contributed by atoms with E-state index in [4.69, 9.17) is 0 Å². The fourth-order valence-corrected chi connectivity index (χ4v) is 7.60. The quantitative estimate of drug-likeness (QED) is 0.754. The zero-order valence-electron chi connectivity index (χ0n) is 15.1. The van der Waals surface area contributed by atoms with Gasteiger partial charge >= 0.3 is 0 Å². The van der Waals surface area contributed by atoms with Crippen LogP contribution in [0.2, 0.25) is 0 Å². The molecule has 4 bridgehead atoms. The van der Waals surface area contributed by atoms with Crippen molar-refractivity contribution in [3.05, 3.63) is 0 Å². The van der Waals surface area contributed by atoms with E-state index in [1.807, 2.05) is 0 Å². The summed E-state index contributed by atoms with van der Waals surface area (Å²) in [7, 11) is 0. The molecule has 1 nitrogen and oxygen atoms in total. The number of fused-ring (bicyclic) bond motifs is 4. The summed E-state index contributed by atoms with van der Waals surface area (Å²) < 4.78 is 0. The molecule has 0 aromatic rings. The Morgan fingerprint density at radius 2 is 1.05 bits per heavy atom. The third-order valence-electron chi connectivity index (χ3n) is 8.87. The van der Waals surface area contributed by atoms with E-state index in [1.54, 1.807) is 0 Å². The summed E-state index contributed by atoms with van der Waals surface area (Å²) in [6.45, 7) is 15.3. The van der Waals surface area contributed by atoms with Crippen LogP contribution in [0.25, 0.3) is 0 Å². The second kappa shape index (κ2) is 3.89. The smallest absolute Gasteiger partial charge is 0.0178 e. The standard InChI is InChI=1S/C20H35N/c1-17(2)13-7-9-19(5,11-13)15(17)21-16-18(3,4)14-8-10-20(16,6)12-14/h13-16,21H,7-12H2,1-6H3.